The fraction of sp³-hybridized carbons (Fsp3) is 0.111. The second kappa shape index (κ2) is 7.01. The molecule has 0 aliphatic rings. The Hall–Kier alpha value is -3.33. The van der Waals surface area contributed by atoms with Crippen LogP contribution in [0.3, 0.4) is 0 Å². The Balaban J connectivity index is 1.83. The molecule has 7 nitrogen and oxygen atoms in total. The lowest BCUT2D eigenvalue weighted by Crippen LogP contribution is -2.14. The van der Waals surface area contributed by atoms with E-state index in [2.05, 4.69) is 20.2 Å². The molecule has 1 aromatic carbocycles. The quantitative estimate of drug-likeness (QED) is 0.526. The van der Waals surface area contributed by atoms with Crippen LogP contribution in [-0.4, -0.2) is 24.9 Å². The number of nitrogens with one attached hydrogen (secondary N) is 1. The standard InChI is InChI=1S/C18H12ClF2N5O2/c1-9-2-3-10(11(20)6-9)8-26-14(12-4-5-28-25-12)7-13(24-26)17-22-16(19)15(21)18(27)23-17/h2-7H,8H2,1H3,(H,22,23,27). The molecule has 0 radical (unpaired) electrons. The average Bonchev–Trinajstić information content (AvgIpc) is 3.31. The van der Waals surface area contributed by atoms with Gasteiger partial charge in [-0.1, -0.05) is 28.9 Å². The van der Waals surface area contributed by atoms with Crippen LogP contribution >= 0.6 is 11.6 Å². The molecule has 0 unspecified atom stereocenters. The van der Waals surface area contributed by atoms with Crippen LogP contribution in [0.4, 0.5) is 8.78 Å². The number of nitrogens with zero attached hydrogens (tertiary/aromatic N) is 4. The third-order valence-electron chi connectivity index (χ3n) is 4.07. The van der Waals surface area contributed by atoms with Gasteiger partial charge < -0.3 is 9.51 Å². The van der Waals surface area contributed by atoms with Crippen molar-refractivity contribution in [1.29, 1.82) is 0 Å². The van der Waals surface area contributed by atoms with Crippen molar-refractivity contribution in [1.82, 2.24) is 24.9 Å². The number of rotatable bonds is 4. The Morgan fingerprint density at radius 1 is 1.21 bits per heavy atom. The van der Waals surface area contributed by atoms with Gasteiger partial charge in [0.15, 0.2) is 11.0 Å². The number of H-pyrrole nitrogens is 1. The highest BCUT2D eigenvalue weighted by Crippen LogP contribution is 2.25. The van der Waals surface area contributed by atoms with E-state index in [4.69, 9.17) is 16.1 Å². The zero-order valence-corrected chi connectivity index (χ0v) is 15.2. The van der Waals surface area contributed by atoms with E-state index in [-0.39, 0.29) is 23.9 Å². The number of aromatic amines is 1. The van der Waals surface area contributed by atoms with E-state index in [1.807, 2.05) is 0 Å². The van der Waals surface area contributed by atoms with Crippen LogP contribution in [0.25, 0.3) is 22.9 Å². The van der Waals surface area contributed by atoms with Gasteiger partial charge in [0.25, 0.3) is 5.56 Å². The minimum Gasteiger partial charge on any atom is -0.364 e. The molecule has 0 fully saturated rings. The summed E-state index contributed by atoms with van der Waals surface area (Å²) in [5.41, 5.74) is 1.33. The zero-order valence-electron chi connectivity index (χ0n) is 14.4. The Morgan fingerprint density at radius 3 is 2.71 bits per heavy atom. The van der Waals surface area contributed by atoms with Crippen LogP contribution in [0, 0.1) is 18.6 Å². The van der Waals surface area contributed by atoms with Gasteiger partial charge in [-0.25, -0.2) is 9.37 Å². The Bertz CT molecular complexity index is 1220. The summed E-state index contributed by atoms with van der Waals surface area (Å²) in [4.78, 5) is 17.8. The number of hydrogen-bond donors (Lipinski definition) is 1. The lowest BCUT2D eigenvalue weighted by molar-refractivity contribution is 0.421. The molecule has 142 valence electrons. The van der Waals surface area contributed by atoms with Crippen LogP contribution in [-0.2, 0) is 6.54 Å². The number of benzene rings is 1. The molecule has 0 aliphatic carbocycles. The second-order valence-electron chi connectivity index (χ2n) is 6.07. The van der Waals surface area contributed by atoms with Crippen molar-refractivity contribution in [3.63, 3.8) is 0 Å². The monoisotopic (exact) mass is 403 g/mol. The Labute approximate surface area is 161 Å². The number of halogens is 3. The molecule has 0 bridgehead atoms. The summed E-state index contributed by atoms with van der Waals surface area (Å²) in [5.74, 6) is -1.58. The second-order valence-corrected chi connectivity index (χ2v) is 6.43. The summed E-state index contributed by atoms with van der Waals surface area (Å²) in [6.45, 7) is 1.88. The number of aromatic nitrogens is 5. The van der Waals surface area contributed by atoms with E-state index in [9.17, 15) is 13.6 Å². The van der Waals surface area contributed by atoms with E-state index < -0.39 is 16.5 Å². The van der Waals surface area contributed by atoms with Crippen molar-refractivity contribution in [2.24, 2.45) is 0 Å². The van der Waals surface area contributed by atoms with Gasteiger partial charge >= 0.3 is 0 Å². The molecule has 0 amide bonds. The zero-order chi connectivity index (χ0) is 19.8. The van der Waals surface area contributed by atoms with E-state index >= 15 is 0 Å². The minimum absolute atomic E-state index is 0.0238. The van der Waals surface area contributed by atoms with Gasteiger partial charge in [-0.05, 0) is 24.6 Å². The van der Waals surface area contributed by atoms with Gasteiger partial charge in [0, 0.05) is 11.6 Å². The normalized spacial score (nSPS) is 11.1. The van der Waals surface area contributed by atoms with E-state index in [0.29, 0.717) is 17.0 Å². The third-order valence-corrected chi connectivity index (χ3v) is 4.32. The molecule has 0 saturated heterocycles. The van der Waals surface area contributed by atoms with Crippen molar-refractivity contribution < 1.29 is 13.3 Å². The fourth-order valence-corrected chi connectivity index (χ4v) is 2.87. The molecule has 3 aromatic heterocycles. The van der Waals surface area contributed by atoms with Crippen LogP contribution in [0.2, 0.25) is 5.15 Å². The molecular weight excluding hydrogens is 392 g/mol. The smallest absolute Gasteiger partial charge is 0.288 e. The topological polar surface area (TPSA) is 89.6 Å². The summed E-state index contributed by atoms with van der Waals surface area (Å²) in [5, 5.41) is 7.67. The first-order chi connectivity index (χ1) is 13.4. The summed E-state index contributed by atoms with van der Waals surface area (Å²) in [6.07, 6.45) is 1.38. The van der Waals surface area contributed by atoms with Crippen molar-refractivity contribution in [2.75, 3.05) is 0 Å². The maximum absolute atomic E-state index is 14.3. The predicted octanol–water partition coefficient (Wildman–Crippen LogP) is 3.58. The van der Waals surface area contributed by atoms with Gasteiger partial charge in [-0.3, -0.25) is 9.48 Å². The molecule has 3 heterocycles. The molecule has 4 rings (SSSR count). The molecular formula is C18H12ClF2N5O2. The molecule has 0 spiro atoms. The minimum atomic E-state index is -1.18. The first-order valence-electron chi connectivity index (χ1n) is 8.11. The van der Waals surface area contributed by atoms with Crippen molar-refractivity contribution in [2.45, 2.75) is 13.5 Å². The fourth-order valence-electron chi connectivity index (χ4n) is 2.70. The van der Waals surface area contributed by atoms with E-state index in [1.54, 1.807) is 31.2 Å². The van der Waals surface area contributed by atoms with Gasteiger partial charge in [-0.15, -0.1) is 0 Å². The molecule has 0 aliphatic heterocycles. The van der Waals surface area contributed by atoms with Crippen molar-refractivity contribution in [3.05, 3.63) is 74.9 Å². The molecule has 0 saturated carbocycles. The number of hydrogen-bond acceptors (Lipinski definition) is 5. The van der Waals surface area contributed by atoms with Crippen LogP contribution in [0.1, 0.15) is 11.1 Å². The van der Waals surface area contributed by atoms with E-state index in [0.717, 1.165) is 5.56 Å². The lowest BCUT2D eigenvalue weighted by atomic mass is 10.1. The SMILES string of the molecule is Cc1ccc(Cn2nc(-c3nc(Cl)c(F)c(=O)[nH]3)cc2-c2ccon2)c(F)c1. The lowest BCUT2D eigenvalue weighted by Gasteiger charge is -2.07. The van der Waals surface area contributed by atoms with Gasteiger partial charge in [-0.2, -0.15) is 9.49 Å². The average molecular weight is 404 g/mol. The first-order valence-corrected chi connectivity index (χ1v) is 8.49. The molecule has 0 atom stereocenters. The highest BCUT2D eigenvalue weighted by molar-refractivity contribution is 6.29. The molecule has 10 heteroatoms. The number of aryl methyl sites for hydroxylation is 1. The van der Waals surface area contributed by atoms with Crippen molar-refractivity contribution >= 4 is 11.6 Å². The van der Waals surface area contributed by atoms with Gasteiger partial charge in [0.1, 0.15) is 23.5 Å². The van der Waals surface area contributed by atoms with E-state index in [1.165, 1.54) is 17.0 Å². The Morgan fingerprint density at radius 2 is 2.04 bits per heavy atom. The maximum atomic E-state index is 14.3. The molecule has 1 N–H and O–H groups in total. The summed E-state index contributed by atoms with van der Waals surface area (Å²) >= 11 is 5.66. The summed E-state index contributed by atoms with van der Waals surface area (Å²) < 4.78 is 34.1. The highest BCUT2D eigenvalue weighted by atomic mass is 35.5. The van der Waals surface area contributed by atoms with Gasteiger partial charge in [0.05, 0.1) is 12.2 Å². The van der Waals surface area contributed by atoms with Crippen LogP contribution in [0.15, 0.2) is 45.9 Å². The predicted molar refractivity (Wildman–Crippen MR) is 96.8 cm³/mol. The largest absolute Gasteiger partial charge is 0.364 e. The third kappa shape index (κ3) is 3.31. The maximum Gasteiger partial charge on any atom is 0.288 e. The highest BCUT2D eigenvalue weighted by Gasteiger charge is 2.18. The summed E-state index contributed by atoms with van der Waals surface area (Å²) in [6, 6.07) is 8.05. The van der Waals surface area contributed by atoms with Crippen molar-refractivity contribution in [3.8, 4) is 22.9 Å². The Kier molecular flexibility index (Phi) is 4.52. The first kappa shape index (κ1) is 18.1. The van der Waals surface area contributed by atoms with Gasteiger partial charge in [0.2, 0.25) is 5.82 Å². The summed E-state index contributed by atoms with van der Waals surface area (Å²) in [7, 11) is 0. The van der Waals surface area contributed by atoms with Crippen LogP contribution in [0.5, 0.6) is 0 Å². The van der Waals surface area contributed by atoms with Crippen LogP contribution < -0.4 is 5.56 Å². The molecule has 4 aromatic rings. The molecule has 28 heavy (non-hydrogen) atoms.